The van der Waals surface area contributed by atoms with Crippen molar-refractivity contribution in [1.29, 1.82) is 0 Å². The van der Waals surface area contributed by atoms with E-state index >= 15 is 0 Å². The Hall–Kier alpha value is -1.23. The van der Waals surface area contributed by atoms with Gasteiger partial charge >= 0.3 is 0 Å². The molecule has 0 amide bonds. The van der Waals surface area contributed by atoms with Crippen molar-refractivity contribution in [3.63, 3.8) is 0 Å². The Labute approximate surface area is 278 Å². The van der Waals surface area contributed by atoms with Gasteiger partial charge in [0.25, 0.3) is 0 Å². The fourth-order valence-corrected chi connectivity index (χ4v) is 7.07. The van der Waals surface area contributed by atoms with Crippen molar-refractivity contribution in [2.75, 3.05) is 19.8 Å². The van der Waals surface area contributed by atoms with Crippen molar-refractivity contribution in [3.8, 4) is 0 Å². The first-order valence-electron chi connectivity index (χ1n) is 16.3. The Balaban J connectivity index is 1.37. The Morgan fingerprint density at radius 1 is 0.729 bits per heavy atom. The van der Waals surface area contributed by atoms with Gasteiger partial charge in [-0.1, -0.05) is 19.4 Å². The predicted octanol–water partition coefficient (Wildman–Crippen LogP) is -3.82. The maximum Gasteiger partial charge on any atom is 0.187 e. The number of ether oxygens (including phenoxy) is 6. The van der Waals surface area contributed by atoms with Crippen LogP contribution in [0.4, 0.5) is 0 Å². The molecule has 3 aliphatic heterocycles. The van der Waals surface area contributed by atoms with Crippen LogP contribution >= 0.6 is 0 Å². The smallest absolute Gasteiger partial charge is 0.187 e. The lowest BCUT2D eigenvalue weighted by Gasteiger charge is -2.48. The lowest BCUT2D eigenvalue weighted by Crippen LogP contribution is -2.66. The summed E-state index contributed by atoms with van der Waals surface area (Å²) in [6, 6.07) is 0. The average molecular weight is 697 g/mol. The molecule has 0 radical (unpaired) electrons. The molecule has 3 saturated heterocycles. The Bertz CT molecular complexity index is 1080. The van der Waals surface area contributed by atoms with Crippen molar-refractivity contribution >= 4 is 5.78 Å². The van der Waals surface area contributed by atoms with E-state index in [0.29, 0.717) is 19.3 Å². The second-order valence-electron chi connectivity index (χ2n) is 13.9. The van der Waals surface area contributed by atoms with Crippen LogP contribution in [0.2, 0.25) is 0 Å². The van der Waals surface area contributed by atoms with Crippen LogP contribution < -0.4 is 0 Å². The zero-order valence-electron chi connectivity index (χ0n) is 27.5. The highest BCUT2D eigenvalue weighted by Gasteiger charge is 2.53. The molecule has 278 valence electrons. The number of aliphatic hydroxyl groups is 10. The SMILES string of the molecule is CC1=CC(=O)CC(C)(C)[C@H]1CC[C@H](C)O[C@@H]1O[C@H](CO)[C@@H](O[C@@H]2O[C@H](CO)[C@@H](O[C@@H]3O[C@H](CO)[C@@H](O)[C@H](O)[C@H]3O)[C@H](O)[C@H]2O)[C@H](O)[C@H]1O. The standard InChI is InChI=1S/C31H52O17/c1-12-7-14(35)8-31(3,4)15(12)6-5-13(2)43-28-24(41)21(38)26(17(10-33)45-28)48-30-25(42)22(39)27(18(11-34)46-30)47-29-23(40)20(37)19(36)16(9-32)44-29/h7,13,15-30,32-34,36-42H,5-6,8-11H2,1-4H3/t13-,15-,16+,17+,18+,19+,20-,21+,22+,23+,24+,25+,26+,27+,28+,29-,30-/m0/s1. The maximum absolute atomic E-state index is 12.0. The van der Waals surface area contributed by atoms with Gasteiger partial charge in [0.2, 0.25) is 0 Å². The lowest BCUT2D eigenvalue weighted by atomic mass is 9.66. The largest absolute Gasteiger partial charge is 0.394 e. The minimum Gasteiger partial charge on any atom is -0.394 e. The van der Waals surface area contributed by atoms with Crippen LogP contribution in [0.1, 0.15) is 47.0 Å². The van der Waals surface area contributed by atoms with Gasteiger partial charge in [0.15, 0.2) is 24.7 Å². The molecule has 0 aromatic carbocycles. The molecule has 17 nitrogen and oxygen atoms in total. The number of hydrogen-bond donors (Lipinski definition) is 10. The summed E-state index contributed by atoms with van der Waals surface area (Å²) >= 11 is 0. The fraction of sp³-hybridized carbons (Fsp3) is 0.903. The molecule has 0 aromatic rings. The molecule has 0 spiro atoms. The second kappa shape index (κ2) is 16.4. The zero-order chi connectivity index (χ0) is 35.7. The second-order valence-corrected chi connectivity index (χ2v) is 13.9. The third-order valence-electron chi connectivity index (χ3n) is 9.81. The molecule has 0 unspecified atom stereocenters. The quantitative estimate of drug-likeness (QED) is 0.0936. The Kier molecular flexibility index (Phi) is 13.5. The number of carbonyl (C=O) groups is 1. The van der Waals surface area contributed by atoms with E-state index in [0.717, 1.165) is 5.57 Å². The first-order chi connectivity index (χ1) is 22.5. The number of rotatable bonds is 12. The summed E-state index contributed by atoms with van der Waals surface area (Å²) in [7, 11) is 0. The third-order valence-corrected chi connectivity index (χ3v) is 9.81. The highest BCUT2D eigenvalue weighted by atomic mass is 16.8. The van der Waals surface area contributed by atoms with Gasteiger partial charge < -0.3 is 79.5 Å². The van der Waals surface area contributed by atoms with Crippen LogP contribution in [0.5, 0.6) is 0 Å². The van der Waals surface area contributed by atoms with E-state index in [1.54, 1.807) is 13.0 Å². The number of carbonyl (C=O) groups excluding carboxylic acids is 1. The molecule has 0 aromatic heterocycles. The van der Waals surface area contributed by atoms with E-state index in [9.17, 15) is 55.9 Å². The summed E-state index contributed by atoms with van der Waals surface area (Å²) in [5, 5.41) is 104. The summed E-state index contributed by atoms with van der Waals surface area (Å²) < 4.78 is 33.8. The first kappa shape index (κ1) is 39.6. The van der Waals surface area contributed by atoms with Gasteiger partial charge in [-0.3, -0.25) is 4.79 Å². The summed E-state index contributed by atoms with van der Waals surface area (Å²) in [5.74, 6) is 0.223. The van der Waals surface area contributed by atoms with E-state index in [1.165, 1.54) is 0 Å². The van der Waals surface area contributed by atoms with E-state index in [-0.39, 0.29) is 17.1 Å². The molecule has 4 rings (SSSR count). The van der Waals surface area contributed by atoms with E-state index in [1.807, 2.05) is 20.8 Å². The summed E-state index contributed by atoms with van der Waals surface area (Å²) in [5.41, 5.74) is 0.750. The monoisotopic (exact) mass is 696 g/mol. The van der Waals surface area contributed by atoms with Crippen molar-refractivity contribution in [2.45, 2.75) is 145 Å². The van der Waals surface area contributed by atoms with Crippen LogP contribution in [-0.2, 0) is 33.2 Å². The van der Waals surface area contributed by atoms with E-state index in [2.05, 4.69) is 0 Å². The van der Waals surface area contributed by atoms with Gasteiger partial charge in [-0.2, -0.15) is 0 Å². The van der Waals surface area contributed by atoms with E-state index in [4.69, 9.17) is 28.4 Å². The fourth-order valence-electron chi connectivity index (χ4n) is 7.07. The lowest BCUT2D eigenvalue weighted by molar-refractivity contribution is -0.380. The van der Waals surface area contributed by atoms with Gasteiger partial charge in [-0.25, -0.2) is 0 Å². The summed E-state index contributed by atoms with van der Waals surface area (Å²) in [6.45, 7) is 5.49. The molecule has 0 bridgehead atoms. The Morgan fingerprint density at radius 3 is 1.69 bits per heavy atom. The van der Waals surface area contributed by atoms with Crippen LogP contribution in [-0.4, -0.2) is 175 Å². The normalized spacial score (nSPS) is 45.9. The molecular weight excluding hydrogens is 644 g/mol. The van der Waals surface area contributed by atoms with Crippen LogP contribution in [0.15, 0.2) is 11.6 Å². The van der Waals surface area contributed by atoms with Gasteiger partial charge in [-0.05, 0) is 44.1 Å². The topological polar surface area (TPSA) is 275 Å². The minimum atomic E-state index is -1.92. The molecule has 10 N–H and O–H groups in total. The van der Waals surface area contributed by atoms with Crippen molar-refractivity contribution in [3.05, 3.63) is 11.6 Å². The average Bonchev–Trinajstić information content (AvgIpc) is 3.02. The van der Waals surface area contributed by atoms with Crippen molar-refractivity contribution in [1.82, 2.24) is 0 Å². The molecule has 0 saturated carbocycles. The van der Waals surface area contributed by atoms with E-state index < -0.39 is 118 Å². The maximum atomic E-state index is 12.0. The number of hydrogen-bond acceptors (Lipinski definition) is 17. The summed E-state index contributed by atoms with van der Waals surface area (Å²) in [6.07, 6.45) is -21.6. The third kappa shape index (κ3) is 8.45. The molecule has 17 heteroatoms. The van der Waals surface area contributed by atoms with Gasteiger partial charge in [0.1, 0.15) is 73.2 Å². The van der Waals surface area contributed by atoms with Crippen molar-refractivity contribution in [2.24, 2.45) is 11.3 Å². The molecular formula is C31H52O17. The summed E-state index contributed by atoms with van der Waals surface area (Å²) in [4.78, 5) is 12.0. The highest BCUT2D eigenvalue weighted by molar-refractivity contribution is 5.91. The molecule has 17 atom stereocenters. The first-order valence-corrected chi connectivity index (χ1v) is 16.3. The molecule has 1 aliphatic carbocycles. The number of allylic oxidation sites excluding steroid dienone is 2. The molecule has 4 aliphatic rings. The number of aliphatic hydroxyl groups excluding tert-OH is 10. The minimum absolute atomic E-state index is 0.0892. The molecule has 3 fully saturated rings. The van der Waals surface area contributed by atoms with Gasteiger partial charge in [-0.15, -0.1) is 0 Å². The van der Waals surface area contributed by atoms with Crippen molar-refractivity contribution < 1.29 is 84.3 Å². The van der Waals surface area contributed by atoms with Crippen LogP contribution in [0.3, 0.4) is 0 Å². The van der Waals surface area contributed by atoms with Gasteiger partial charge in [0, 0.05) is 6.42 Å². The van der Waals surface area contributed by atoms with Crippen LogP contribution in [0.25, 0.3) is 0 Å². The Morgan fingerprint density at radius 2 is 1.19 bits per heavy atom. The molecule has 48 heavy (non-hydrogen) atoms. The molecule has 3 heterocycles. The number of ketones is 1. The highest BCUT2D eigenvalue weighted by Crippen LogP contribution is 2.42. The zero-order valence-corrected chi connectivity index (χ0v) is 27.5. The predicted molar refractivity (Wildman–Crippen MR) is 159 cm³/mol. The van der Waals surface area contributed by atoms with Gasteiger partial charge in [0.05, 0.1) is 25.9 Å². The van der Waals surface area contributed by atoms with Crippen LogP contribution in [0, 0.1) is 11.3 Å².